The van der Waals surface area contributed by atoms with Crippen LogP contribution < -0.4 is 14.8 Å². The second-order valence-corrected chi connectivity index (χ2v) is 5.73. The van der Waals surface area contributed by atoms with Crippen LogP contribution in [0.3, 0.4) is 0 Å². The third-order valence-corrected chi connectivity index (χ3v) is 3.99. The summed E-state index contributed by atoms with van der Waals surface area (Å²) in [4.78, 5) is 21.9. The van der Waals surface area contributed by atoms with E-state index in [2.05, 4.69) is 5.32 Å². The van der Waals surface area contributed by atoms with Crippen LogP contribution in [0.15, 0.2) is 18.2 Å². The van der Waals surface area contributed by atoms with E-state index < -0.39 is 12.0 Å². The van der Waals surface area contributed by atoms with Crippen LogP contribution in [0.1, 0.15) is 18.9 Å². The molecule has 1 amide bonds. The highest BCUT2D eigenvalue weighted by Crippen LogP contribution is 2.33. The van der Waals surface area contributed by atoms with E-state index >= 15 is 0 Å². The molecule has 1 aliphatic rings. The Hall–Kier alpha value is -1.89. The standard InChI is InChI=1S/C14H17NO5S/c1-9(16)15-11(14(17)18)4-5-21-7-10-2-3-12-13(6-10)20-8-19-12/h2-3,6,11H,4-5,7-8H2,1H3,(H,15,16)(H,17,18). The summed E-state index contributed by atoms with van der Waals surface area (Å²) in [5.41, 5.74) is 1.09. The number of hydrogen-bond donors (Lipinski definition) is 2. The molecule has 0 saturated carbocycles. The summed E-state index contributed by atoms with van der Waals surface area (Å²) in [6.07, 6.45) is 0.393. The van der Waals surface area contributed by atoms with Gasteiger partial charge < -0.3 is 19.9 Å². The molecular formula is C14H17NO5S. The van der Waals surface area contributed by atoms with Crippen LogP contribution in [0.5, 0.6) is 11.5 Å². The van der Waals surface area contributed by atoms with Gasteiger partial charge in [0, 0.05) is 12.7 Å². The zero-order valence-corrected chi connectivity index (χ0v) is 12.4. The van der Waals surface area contributed by atoms with Gasteiger partial charge in [-0.3, -0.25) is 4.79 Å². The number of carboxylic acids is 1. The van der Waals surface area contributed by atoms with E-state index in [0.717, 1.165) is 22.8 Å². The molecule has 0 aromatic heterocycles. The zero-order chi connectivity index (χ0) is 15.2. The van der Waals surface area contributed by atoms with Gasteiger partial charge in [0.15, 0.2) is 11.5 Å². The fourth-order valence-electron chi connectivity index (χ4n) is 1.92. The maximum atomic E-state index is 11.0. The SMILES string of the molecule is CC(=O)NC(CCSCc1ccc2c(c1)OCO2)C(=O)O. The molecule has 7 heteroatoms. The summed E-state index contributed by atoms with van der Waals surface area (Å²) >= 11 is 1.61. The topological polar surface area (TPSA) is 84.9 Å². The first kappa shape index (κ1) is 15.5. The first-order chi connectivity index (χ1) is 10.1. The van der Waals surface area contributed by atoms with Crippen molar-refractivity contribution in [3.8, 4) is 11.5 Å². The molecule has 1 heterocycles. The molecule has 0 fully saturated rings. The molecule has 0 bridgehead atoms. The van der Waals surface area contributed by atoms with Crippen molar-refractivity contribution >= 4 is 23.6 Å². The molecule has 0 spiro atoms. The molecule has 1 aromatic rings. The number of nitrogens with one attached hydrogen (secondary N) is 1. The Morgan fingerprint density at radius 1 is 1.38 bits per heavy atom. The van der Waals surface area contributed by atoms with Gasteiger partial charge in [-0.25, -0.2) is 4.79 Å². The third kappa shape index (κ3) is 4.56. The average molecular weight is 311 g/mol. The van der Waals surface area contributed by atoms with Gasteiger partial charge in [0.05, 0.1) is 0 Å². The number of aliphatic carboxylic acids is 1. The molecule has 6 nitrogen and oxygen atoms in total. The normalized spacial score (nSPS) is 13.8. The number of fused-ring (bicyclic) bond motifs is 1. The summed E-state index contributed by atoms with van der Waals surface area (Å²) in [6, 6.07) is 4.93. The van der Waals surface area contributed by atoms with Crippen LogP contribution in [-0.4, -0.2) is 35.6 Å². The van der Waals surface area contributed by atoms with Crippen molar-refractivity contribution in [2.24, 2.45) is 0 Å². The number of carbonyl (C=O) groups excluding carboxylic acids is 1. The molecule has 0 aliphatic carbocycles. The molecule has 1 aromatic carbocycles. The highest BCUT2D eigenvalue weighted by molar-refractivity contribution is 7.98. The molecule has 0 radical (unpaired) electrons. The van der Waals surface area contributed by atoms with Gasteiger partial charge in [0.25, 0.3) is 0 Å². The van der Waals surface area contributed by atoms with Gasteiger partial charge in [-0.15, -0.1) is 0 Å². The largest absolute Gasteiger partial charge is 0.480 e. The average Bonchev–Trinajstić information content (AvgIpc) is 2.89. The summed E-state index contributed by atoms with van der Waals surface area (Å²) < 4.78 is 10.5. The fourth-order valence-corrected chi connectivity index (χ4v) is 2.89. The first-order valence-corrected chi connectivity index (χ1v) is 7.68. The van der Waals surface area contributed by atoms with Gasteiger partial charge in [0.1, 0.15) is 6.04 Å². The van der Waals surface area contributed by atoms with E-state index in [1.165, 1.54) is 6.92 Å². The number of amides is 1. The van der Waals surface area contributed by atoms with Crippen LogP contribution >= 0.6 is 11.8 Å². The summed E-state index contributed by atoms with van der Waals surface area (Å²) in [7, 11) is 0. The van der Waals surface area contributed by atoms with E-state index in [-0.39, 0.29) is 12.7 Å². The minimum absolute atomic E-state index is 0.253. The highest BCUT2D eigenvalue weighted by atomic mass is 32.2. The van der Waals surface area contributed by atoms with E-state index in [4.69, 9.17) is 14.6 Å². The number of carbonyl (C=O) groups is 2. The molecular weight excluding hydrogens is 294 g/mol. The second kappa shape index (κ2) is 7.21. The van der Waals surface area contributed by atoms with Crippen molar-refractivity contribution in [3.05, 3.63) is 23.8 Å². The molecule has 114 valence electrons. The van der Waals surface area contributed by atoms with Crippen LogP contribution in [-0.2, 0) is 15.3 Å². The summed E-state index contributed by atoms with van der Waals surface area (Å²) in [6.45, 7) is 1.57. The maximum absolute atomic E-state index is 11.0. The lowest BCUT2D eigenvalue weighted by Gasteiger charge is -2.12. The minimum atomic E-state index is -1.01. The lowest BCUT2D eigenvalue weighted by Crippen LogP contribution is -2.39. The van der Waals surface area contributed by atoms with Crippen LogP contribution in [0.2, 0.25) is 0 Å². The van der Waals surface area contributed by atoms with Crippen molar-refractivity contribution in [2.75, 3.05) is 12.5 Å². The van der Waals surface area contributed by atoms with Crippen LogP contribution in [0.4, 0.5) is 0 Å². The number of carboxylic acid groups (broad SMARTS) is 1. The van der Waals surface area contributed by atoms with Gasteiger partial charge in [-0.2, -0.15) is 11.8 Å². The van der Waals surface area contributed by atoms with Crippen molar-refractivity contribution < 1.29 is 24.2 Å². The van der Waals surface area contributed by atoms with E-state index in [0.29, 0.717) is 12.2 Å². The molecule has 2 rings (SSSR count). The van der Waals surface area contributed by atoms with E-state index in [1.807, 2.05) is 18.2 Å². The lowest BCUT2D eigenvalue weighted by molar-refractivity contribution is -0.141. The maximum Gasteiger partial charge on any atom is 0.326 e. The van der Waals surface area contributed by atoms with Gasteiger partial charge >= 0.3 is 5.97 Å². The number of ether oxygens (including phenoxy) is 2. The van der Waals surface area contributed by atoms with E-state index in [9.17, 15) is 9.59 Å². The Morgan fingerprint density at radius 3 is 2.86 bits per heavy atom. The van der Waals surface area contributed by atoms with Crippen molar-refractivity contribution in [1.82, 2.24) is 5.32 Å². The molecule has 1 atom stereocenters. The zero-order valence-electron chi connectivity index (χ0n) is 11.6. The molecule has 1 aliphatic heterocycles. The van der Waals surface area contributed by atoms with Gasteiger partial charge in [-0.1, -0.05) is 6.07 Å². The van der Waals surface area contributed by atoms with Crippen molar-refractivity contribution in [1.29, 1.82) is 0 Å². The molecule has 2 N–H and O–H groups in total. The van der Waals surface area contributed by atoms with Crippen LogP contribution in [0.25, 0.3) is 0 Å². The minimum Gasteiger partial charge on any atom is -0.480 e. The molecule has 21 heavy (non-hydrogen) atoms. The Balaban J connectivity index is 1.76. The number of benzene rings is 1. The van der Waals surface area contributed by atoms with Crippen LogP contribution in [0, 0.1) is 0 Å². The Kier molecular flexibility index (Phi) is 5.32. The van der Waals surface area contributed by atoms with Crippen molar-refractivity contribution in [3.63, 3.8) is 0 Å². The number of rotatable bonds is 7. The second-order valence-electron chi connectivity index (χ2n) is 4.62. The quantitative estimate of drug-likeness (QED) is 0.745. The number of thioether (sulfide) groups is 1. The Morgan fingerprint density at radius 2 is 2.14 bits per heavy atom. The van der Waals surface area contributed by atoms with Crippen molar-refractivity contribution in [2.45, 2.75) is 25.1 Å². The first-order valence-electron chi connectivity index (χ1n) is 6.52. The van der Waals surface area contributed by atoms with E-state index in [1.54, 1.807) is 11.8 Å². The summed E-state index contributed by atoms with van der Waals surface area (Å²) in [5.74, 6) is 1.56. The molecule has 1 unspecified atom stereocenters. The third-order valence-electron chi connectivity index (χ3n) is 2.93. The predicted molar refractivity (Wildman–Crippen MR) is 78.6 cm³/mol. The monoisotopic (exact) mass is 311 g/mol. The predicted octanol–water partition coefficient (Wildman–Crippen LogP) is 1.63. The number of hydrogen-bond acceptors (Lipinski definition) is 5. The Labute approximate surface area is 126 Å². The highest BCUT2D eigenvalue weighted by Gasteiger charge is 2.18. The fraction of sp³-hybridized carbons (Fsp3) is 0.429. The molecule has 0 saturated heterocycles. The smallest absolute Gasteiger partial charge is 0.326 e. The Bertz CT molecular complexity index is 534. The van der Waals surface area contributed by atoms with Gasteiger partial charge in [0.2, 0.25) is 12.7 Å². The lowest BCUT2D eigenvalue weighted by atomic mass is 10.2. The summed E-state index contributed by atoms with van der Waals surface area (Å²) in [5, 5.41) is 11.4. The van der Waals surface area contributed by atoms with Gasteiger partial charge in [-0.05, 0) is 29.9 Å².